The summed E-state index contributed by atoms with van der Waals surface area (Å²) in [5.41, 5.74) is 1.64. The Balaban J connectivity index is 1.60. The smallest absolute Gasteiger partial charge is 0.225 e. The van der Waals surface area contributed by atoms with E-state index in [1.54, 1.807) is 0 Å². The maximum atomic E-state index is 12.2. The van der Waals surface area contributed by atoms with Crippen molar-refractivity contribution in [2.75, 3.05) is 31.1 Å². The maximum Gasteiger partial charge on any atom is 0.225 e. The van der Waals surface area contributed by atoms with Gasteiger partial charge in [-0.15, -0.1) is 0 Å². The summed E-state index contributed by atoms with van der Waals surface area (Å²) >= 11 is 0. The van der Waals surface area contributed by atoms with Gasteiger partial charge < -0.3 is 9.80 Å². The molecule has 114 valence electrons. The Hall–Kier alpha value is -1.58. The second kappa shape index (κ2) is 5.66. The quantitative estimate of drug-likeness (QED) is 0.839. The molecule has 0 aromatic carbocycles. The molecule has 0 N–H and O–H groups in total. The number of carbonyl (C=O) groups is 1. The molecule has 4 heteroatoms. The number of likely N-dealkylation sites (tertiary alicyclic amines) is 1. The topological polar surface area (TPSA) is 36.4 Å². The number of hydrogen-bond donors (Lipinski definition) is 0. The fourth-order valence-electron chi connectivity index (χ4n) is 3.69. The van der Waals surface area contributed by atoms with Gasteiger partial charge in [0.15, 0.2) is 0 Å². The van der Waals surface area contributed by atoms with Gasteiger partial charge in [0.2, 0.25) is 5.91 Å². The van der Waals surface area contributed by atoms with Crippen molar-refractivity contribution in [2.24, 2.45) is 11.3 Å². The largest absolute Gasteiger partial charge is 0.371 e. The van der Waals surface area contributed by atoms with Gasteiger partial charge in [0.1, 0.15) is 0 Å². The van der Waals surface area contributed by atoms with E-state index in [0.717, 1.165) is 26.2 Å². The van der Waals surface area contributed by atoms with Gasteiger partial charge in [-0.05, 0) is 36.8 Å². The van der Waals surface area contributed by atoms with Gasteiger partial charge in [0.25, 0.3) is 0 Å². The molecule has 2 saturated heterocycles. The first-order chi connectivity index (χ1) is 10.1. The highest BCUT2D eigenvalue weighted by Crippen LogP contribution is 2.41. The van der Waals surface area contributed by atoms with Crippen LogP contribution in [0.2, 0.25) is 0 Å². The van der Waals surface area contributed by atoms with Crippen LogP contribution in [0.25, 0.3) is 0 Å². The van der Waals surface area contributed by atoms with Gasteiger partial charge in [-0.2, -0.15) is 0 Å². The van der Waals surface area contributed by atoms with Crippen molar-refractivity contribution in [2.45, 2.75) is 33.1 Å². The number of nitrogens with zero attached hydrogens (tertiary/aromatic N) is 3. The van der Waals surface area contributed by atoms with Crippen LogP contribution in [0, 0.1) is 11.3 Å². The highest BCUT2D eigenvalue weighted by atomic mass is 16.2. The Kier molecular flexibility index (Phi) is 3.87. The predicted octanol–water partition coefficient (Wildman–Crippen LogP) is 2.56. The predicted molar refractivity (Wildman–Crippen MR) is 84.2 cm³/mol. The summed E-state index contributed by atoms with van der Waals surface area (Å²) in [5.74, 6) is 0.445. The molecule has 2 fully saturated rings. The molecule has 4 nitrogen and oxygen atoms in total. The van der Waals surface area contributed by atoms with Crippen molar-refractivity contribution >= 4 is 11.6 Å². The van der Waals surface area contributed by atoms with E-state index in [0.29, 0.717) is 11.3 Å². The molecule has 0 bridgehead atoms. The van der Waals surface area contributed by atoms with E-state index in [1.165, 1.54) is 24.9 Å². The highest BCUT2D eigenvalue weighted by molar-refractivity contribution is 5.78. The Morgan fingerprint density at radius 3 is 2.38 bits per heavy atom. The monoisotopic (exact) mass is 287 g/mol. The molecule has 1 spiro atoms. The van der Waals surface area contributed by atoms with Gasteiger partial charge in [0.05, 0.1) is 0 Å². The van der Waals surface area contributed by atoms with Crippen LogP contribution in [0.15, 0.2) is 24.5 Å². The summed E-state index contributed by atoms with van der Waals surface area (Å²) in [6.07, 6.45) is 7.28. The summed E-state index contributed by atoms with van der Waals surface area (Å²) < 4.78 is 0. The number of amides is 1. The minimum Gasteiger partial charge on any atom is -0.371 e. The van der Waals surface area contributed by atoms with Gasteiger partial charge >= 0.3 is 0 Å². The second-order valence-corrected chi connectivity index (χ2v) is 6.86. The first-order valence-electron chi connectivity index (χ1n) is 8.03. The van der Waals surface area contributed by atoms with Gasteiger partial charge in [-0.1, -0.05) is 13.8 Å². The molecule has 1 amide bonds. The molecule has 0 aliphatic carbocycles. The summed E-state index contributed by atoms with van der Waals surface area (Å²) in [7, 11) is 0. The van der Waals surface area contributed by atoms with Crippen molar-refractivity contribution in [3.05, 3.63) is 24.5 Å². The van der Waals surface area contributed by atoms with Crippen LogP contribution >= 0.6 is 0 Å². The Morgan fingerprint density at radius 1 is 1.14 bits per heavy atom. The van der Waals surface area contributed by atoms with Crippen molar-refractivity contribution < 1.29 is 4.79 Å². The molecule has 3 heterocycles. The minimum absolute atomic E-state index is 0.122. The third-order valence-corrected chi connectivity index (χ3v) is 5.10. The molecule has 21 heavy (non-hydrogen) atoms. The van der Waals surface area contributed by atoms with Crippen molar-refractivity contribution in [1.82, 2.24) is 9.88 Å². The van der Waals surface area contributed by atoms with Crippen LogP contribution in [-0.4, -0.2) is 42.0 Å². The lowest BCUT2D eigenvalue weighted by Crippen LogP contribution is -2.42. The Labute approximate surface area is 127 Å². The third-order valence-electron chi connectivity index (χ3n) is 5.10. The molecule has 0 saturated carbocycles. The zero-order chi connectivity index (χ0) is 14.9. The molecule has 0 radical (unpaired) electrons. The summed E-state index contributed by atoms with van der Waals surface area (Å²) in [4.78, 5) is 20.8. The third kappa shape index (κ3) is 2.89. The number of anilines is 1. The van der Waals surface area contributed by atoms with E-state index in [9.17, 15) is 4.79 Å². The summed E-state index contributed by atoms with van der Waals surface area (Å²) in [5, 5.41) is 0. The van der Waals surface area contributed by atoms with E-state index in [-0.39, 0.29) is 5.92 Å². The van der Waals surface area contributed by atoms with Gasteiger partial charge in [-0.25, -0.2) is 0 Å². The van der Waals surface area contributed by atoms with Crippen molar-refractivity contribution in [3.63, 3.8) is 0 Å². The van der Waals surface area contributed by atoms with Gasteiger partial charge in [-0.3, -0.25) is 9.78 Å². The van der Waals surface area contributed by atoms with Crippen molar-refractivity contribution in [1.29, 1.82) is 0 Å². The molecule has 0 atom stereocenters. The average Bonchev–Trinajstić information content (AvgIpc) is 2.92. The standard InChI is InChI=1S/C17H25N3O/c1-14(2)16(21)20-12-7-17(13-20)5-10-19(11-6-17)15-3-8-18-9-4-15/h3-4,8-9,14H,5-7,10-13H2,1-2H3. The number of rotatable bonds is 2. The summed E-state index contributed by atoms with van der Waals surface area (Å²) in [6.45, 7) is 8.10. The molecule has 2 aliphatic rings. The lowest BCUT2D eigenvalue weighted by molar-refractivity contribution is -0.133. The number of carbonyl (C=O) groups excluding carboxylic acids is 1. The van der Waals surface area contributed by atoms with E-state index in [2.05, 4.69) is 26.9 Å². The number of piperidine rings is 1. The first kappa shape index (κ1) is 14.4. The zero-order valence-corrected chi connectivity index (χ0v) is 13.1. The zero-order valence-electron chi connectivity index (χ0n) is 13.1. The van der Waals surface area contributed by atoms with E-state index in [4.69, 9.17) is 0 Å². The van der Waals surface area contributed by atoms with Crippen LogP contribution in [0.4, 0.5) is 5.69 Å². The maximum absolute atomic E-state index is 12.2. The Bertz CT molecular complexity index is 492. The molecule has 1 aromatic heterocycles. The van der Waals surface area contributed by atoms with Crippen LogP contribution < -0.4 is 4.90 Å². The number of hydrogen-bond acceptors (Lipinski definition) is 3. The van der Waals surface area contributed by atoms with Crippen LogP contribution in [0.3, 0.4) is 0 Å². The van der Waals surface area contributed by atoms with E-state index < -0.39 is 0 Å². The van der Waals surface area contributed by atoms with Crippen LogP contribution in [0.1, 0.15) is 33.1 Å². The molecule has 2 aliphatic heterocycles. The molecule has 1 aromatic rings. The van der Waals surface area contributed by atoms with E-state index >= 15 is 0 Å². The molecular weight excluding hydrogens is 262 g/mol. The first-order valence-corrected chi connectivity index (χ1v) is 8.03. The minimum atomic E-state index is 0.122. The molecular formula is C17H25N3O. The SMILES string of the molecule is CC(C)C(=O)N1CCC2(CCN(c3ccncc3)CC2)C1. The van der Waals surface area contributed by atoms with Crippen LogP contribution in [0.5, 0.6) is 0 Å². The highest BCUT2D eigenvalue weighted by Gasteiger charge is 2.42. The molecule has 0 unspecified atom stereocenters. The van der Waals surface area contributed by atoms with E-state index in [1.807, 2.05) is 26.2 Å². The lowest BCUT2D eigenvalue weighted by atomic mass is 9.77. The average molecular weight is 287 g/mol. The fraction of sp³-hybridized carbons (Fsp3) is 0.647. The summed E-state index contributed by atoms with van der Waals surface area (Å²) in [6, 6.07) is 4.17. The van der Waals surface area contributed by atoms with Crippen LogP contribution in [-0.2, 0) is 4.79 Å². The van der Waals surface area contributed by atoms with Crippen molar-refractivity contribution in [3.8, 4) is 0 Å². The second-order valence-electron chi connectivity index (χ2n) is 6.86. The lowest BCUT2D eigenvalue weighted by Gasteiger charge is -2.40. The molecule has 3 rings (SSSR count). The fourth-order valence-corrected chi connectivity index (χ4v) is 3.69. The normalized spacial score (nSPS) is 21.3. The number of aromatic nitrogens is 1. The number of pyridine rings is 1. The Morgan fingerprint density at radius 2 is 1.76 bits per heavy atom. The van der Waals surface area contributed by atoms with Gasteiger partial charge in [0, 0.05) is 50.2 Å².